The number of alkyl halides is 1. The van der Waals surface area contributed by atoms with Crippen molar-refractivity contribution in [3.8, 4) is 0 Å². The number of halogens is 1. The van der Waals surface area contributed by atoms with Gasteiger partial charge < -0.3 is 0 Å². The van der Waals surface area contributed by atoms with Gasteiger partial charge in [0.1, 0.15) is 0 Å². The molecule has 3 rings (SSSR count). The highest BCUT2D eigenvalue weighted by atomic mass is 127. The molecular formula is C8H11I. The minimum Gasteiger partial charge on any atom is -0.0817 e. The van der Waals surface area contributed by atoms with Gasteiger partial charge in [-0.05, 0) is 30.1 Å². The Morgan fingerprint density at radius 2 is 2.33 bits per heavy atom. The van der Waals surface area contributed by atoms with Gasteiger partial charge in [-0.25, -0.2) is 0 Å². The van der Waals surface area contributed by atoms with E-state index in [1.165, 1.54) is 11.8 Å². The van der Waals surface area contributed by atoms with Crippen molar-refractivity contribution in [2.24, 2.45) is 17.3 Å². The van der Waals surface area contributed by atoms with Crippen LogP contribution in [0.3, 0.4) is 0 Å². The van der Waals surface area contributed by atoms with Crippen LogP contribution in [-0.2, 0) is 0 Å². The van der Waals surface area contributed by atoms with Gasteiger partial charge >= 0.3 is 0 Å². The summed E-state index contributed by atoms with van der Waals surface area (Å²) >= 11 is 2.68. The van der Waals surface area contributed by atoms with E-state index >= 15 is 0 Å². The van der Waals surface area contributed by atoms with Crippen molar-refractivity contribution < 1.29 is 0 Å². The molecule has 3 aliphatic carbocycles. The van der Waals surface area contributed by atoms with Crippen LogP contribution in [0.4, 0.5) is 0 Å². The summed E-state index contributed by atoms with van der Waals surface area (Å²) in [6, 6.07) is 0. The van der Waals surface area contributed by atoms with Crippen molar-refractivity contribution in [2.75, 3.05) is 0 Å². The Balaban J connectivity index is 1.96. The summed E-state index contributed by atoms with van der Waals surface area (Å²) in [5.41, 5.74) is 0.934. The lowest BCUT2D eigenvalue weighted by Crippen LogP contribution is -2.30. The first kappa shape index (κ1) is 5.39. The first-order valence-corrected chi connectivity index (χ1v) is 5.23. The van der Waals surface area contributed by atoms with Crippen molar-refractivity contribution in [2.45, 2.75) is 29.6 Å². The molecule has 50 valence electrons. The number of hydrogen-bond acceptors (Lipinski definition) is 0. The molecule has 4 atom stereocenters. The lowest BCUT2D eigenvalue weighted by molar-refractivity contribution is 0.102. The molecule has 1 heteroatoms. The highest BCUT2D eigenvalue weighted by Crippen LogP contribution is 2.79. The number of hydrogen-bond donors (Lipinski definition) is 0. The molecule has 0 radical (unpaired) electrons. The van der Waals surface area contributed by atoms with Crippen molar-refractivity contribution in [1.29, 1.82) is 0 Å². The Hall–Kier alpha value is 0.730. The average Bonchev–Trinajstić information content (AvgIpc) is 2.33. The molecule has 0 spiro atoms. The second-order valence-corrected chi connectivity index (χ2v) is 5.36. The summed E-state index contributed by atoms with van der Waals surface area (Å²) in [5, 5.41) is 0. The maximum atomic E-state index is 2.68. The van der Waals surface area contributed by atoms with Crippen molar-refractivity contribution in [3.63, 3.8) is 0 Å². The zero-order valence-corrected chi connectivity index (χ0v) is 7.60. The molecule has 9 heavy (non-hydrogen) atoms. The molecule has 0 aromatic heterocycles. The largest absolute Gasteiger partial charge is 0.0817 e. The van der Waals surface area contributed by atoms with Gasteiger partial charge in [0.2, 0.25) is 0 Å². The van der Waals surface area contributed by atoms with Crippen LogP contribution in [-0.4, -0.2) is 3.92 Å². The summed E-state index contributed by atoms with van der Waals surface area (Å²) in [6.07, 6.45) is 6.28. The molecule has 0 aromatic rings. The van der Waals surface area contributed by atoms with Crippen molar-refractivity contribution in [1.82, 2.24) is 0 Å². The van der Waals surface area contributed by atoms with Crippen LogP contribution in [0.25, 0.3) is 0 Å². The maximum absolute atomic E-state index is 2.68. The highest BCUT2D eigenvalue weighted by molar-refractivity contribution is 14.1. The fourth-order valence-corrected chi connectivity index (χ4v) is 5.34. The van der Waals surface area contributed by atoms with Gasteiger partial charge in [0, 0.05) is 3.92 Å². The van der Waals surface area contributed by atoms with E-state index < -0.39 is 0 Å². The van der Waals surface area contributed by atoms with E-state index in [0.717, 1.165) is 9.34 Å². The number of rotatable bonds is 0. The quantitative estimate of drug-likeness (QED) is 0.446. The Morgan fingerprint density at radius 1 is 1.44 bits per heavy atom. The third kappa shape index (κ3) is 0.419. The van der Waals surface area contributed by atoms with Gasteiger partial charge in [0.05, 0.1) is 0 Å². The lowest BCUT2D eigenvalue weighted by atomic mass is 9.65. The van der Waals surface area contributed by atoms with E-state index in [4.69, 9.17) is 0 Å². The van der Waals surface area contributed by atoms with E-state index in [1.54, 1.807) is 25.7 Å². The van der Waals surface area contributed by atoms with E-state index in [2.05, 4.69) is 22.6 Å². The summed E-state index contributed by atoms with van der Waals surface area (Å²) < 4.78 is 1.10. The summed E-state index contributed by atoms with van der Waals surface area (Å²) in [7, 11) is 0. The Morgan fingerprint density at radius 3 is 2.78 bits per heavy atom. The monoisotopic (exact) mass is 234 g/mol. The Labute approximate surface area is 69.5 Å². The Bertz CT molecular complexity index is 160. The van der Waals surface area contributed by atoms with Crippen LogP contribution in [0.15, 0.2) is 0 Å². The molecule has 0 N–H and O–H groups in total. The Kier molecular flexibility index (Phi) is 0.802. The zero-order valence-electron chi connectivity index (χ0n) is 5.44. The molecule has 0 aromatic carbocycles. The van der Waals surface area contributed by atoms with Gasteiger partial charge in [-0.1, -0.05) is 35.4 Å². The van der Waals surface area contributed by atoms with Gasteiger partial charge in [-0.3, -0.25) is 0 Å². The van der Waals surface area contributed by atoms with E-state index in [-0.39, 0.29) is 0 Å². The second kappa shape index (κ2) is 1.34. The van der Waals surface area contributed by atoms with Gasteiger partial charge in [-0.2, -0.15) is 0 Å². The molecule has 3 aliphatic rings. The molecular weight excluding hydrogens is 223 g/mol. The molecule has 4 unspecified atom stereocenters. The minimum atomic E-state index is 0.934. The molecule has 0 heterocycles. The molecule has 3 saturated carbocycles. The van der Waals surface area contributed by atoms with Gasteiger partial charge in [0.15, 0.2) is 0 Å². The van der Waals surface area contributed by atoms with Crippen LogP contribution in [0.2, 0.25) is 0 Å². The maximum Gasteiger partial charge on any atom is 0.0206 e. The molecule has 0 saturated heterocycles. The molecule has 2 bridgehead atoms. The smallest absolute Gasteiger partial charge is 0.0206 e. The molecule has 0 aliphatic heterocycles. The summed E-state index contributed by atoms with van der Waals surface area (Å²) in [4.78, 5) is 0. The highest BCUT2D eigenvalue weighted by Gasteiger charge is 2.74. The topological polar surface area (TPSA) is 0 Å². The zero-order chi connectivity index (χ0) is 6.06. The van der Waals surface area contributed by atoms with E-state index in [9.17, 15) is 0 Å². The normalized spacial score (nSPS) is 68.3. The van der Waals surface area contributed by atoms with E-state index in [0.29, 0.717) is 0 Å². The van der Waals surface area contributed by atoms with Crippen LogP contribution >= 0.6 is 22.6 Å². The average molecular weight is 234 g/mol. The molecule has 3 fully saturated rings. The van der Waals surface area contributed by atoms with Gasteiger partial charge in [0.25, 0.3) is 0 Å². The molecule has 0 nitrogen and oxygen atoms in total. The molecule has 0 amide bonds. The second-order valence-electron chi connectivity index (χ2n) is 4.02. The lowest BCUT2D eigenvalue weighted by Gasteiger charge is -2.39. The van der Waals surface area contributed by atoms with Crippen molar-refractivity contribution in [3.05, 3.63) is 0 Å². The third-order valence-electron chi connectivity index (χ3n) is 3.79. The summed E-state index contributed by atoms with van der Waals surface area (Å²) in [6.45, 7) is 0. The standard InChI is InChI=1S/C8H11I/c9-7-6-5-2-1-3-8(6,7)4-5/h5-7H,1-4H2. The van der Waals surface area contributed by atoms with Gasteiger partial charge in [-0.15, -0.1) is 0 Å². The summed E-state index contributed by atoms with van der Waals surface area (Å²) in [5.74, 6) is 2.38. The van der Waals surface area contributed by atoms with E-state index in [1.807, 2.05) is 0 Å². The predicted molar refractivity (Wildman–Crippen MR) is 45.7 cm³/mol. The fourth-order valence-electron chi connectivity index (χ4n) is 3.26. The third-order valence-corrected chi connectivity index (χ3v) is 5.80. The van der Waals surface area contributed by atoms with Crippen LogP contribution in [0.1, 0.15) is 25.7 Å². The van der Waals surface area contributed by atoms with Crippen LogP contribution in [0, 0.1) is 17.3 Å². The minimum absolute atomic E-state index is 0.934. The fraction of sp³-hybridized carbons (Fsp3) is 1.00. The first-order valence-electron chi connectivity index (χ1n) is 3.99. The van der Waals surface area contributed by atoms with Crippen LogP contribution in [0.5, 0.6) is 0 Å². The SMILES string of the molecule is IC1C2C3CCCC12C3. The van der Waals surface area contributed by atoms with Crippen molar-refractivity contribution >= 4 is 22.6 Å². The first-order chi connectivity index (χ1) is 4.34. The van der Waals surface area contributed by atoms with Crippen LogP contribution < -0.4 is 0 Å². The predicted octanol–water partition coefficient (Wildman–Crippen LogP) is 2.61.